The van der Waals surface area contributed by atoms with Gasteiger partial charge < -0.3 is 9.88 Å². The second-order valence-electron chi connectivity index (χ2n) is 5.71. The first-order chi connectivity index (χ1) is 9.22. The Bertz CT molecular complexity index is 675. The molecule has 2 aromatic rings. The molecule has 0 spiro atoms. The van der Waals surface area contributed by atoms with Crippen molar-refractivity contribution in [3.05, 3.63) is 40.7 Å². The highest BCUT2D eigenvalue weighted by Gasteiger charge is 2.29. The van der Waals surface area contributed by atoms with Crippen LogP contribution in [0.1, 0.15) is 24.1 Å². The molecule has 0 saturated carbocycles. The van der Waals surface area contributed by atoms with Crippen molar-refractivity contribution in [2.45, 2.75) is 19.8 Å². The second-order valence-corrected chi connectivity index (χ2v) is 6.15. The number of piperidine rings is 1. The Balaban J connectivity index is 1.95. The summed E-state index contributed by atoms with van der Waals surface area (Å²) in [6, 6.07) is 6.12. The fourth-order valence-corrected chi connectivity index (χ4v) is 3.75. The van der Waals surface area contributed by atoms with Gasteiger partial charge in [0, 0.05) is 46.5 Å². The standard InChI is InChI=1S/C16H17ClN2/c1-10-16(13-8-12(17)2-3-15(13)18-10)14-9-19-6-4-11(14)5-7-19/h2-3,8-9,11,18H,4-7H2,1H3. The molecule has 4 heterocycles. The third kappa shape index (κ3) is 1.70. The van der Waals surface area contributed by atoms with Crippen LogP contribution in [0.4, 0.5) is 0 Å². The Hall–Kier alpha value is -1.41. The third-order valence-corrected chi connectivity index (χ3v) is 4.76. The van der Waals surface area contributed by atoms with Gasteiger partial charge in [-0.05, 0) is 49.5 Å². The van der Waals surface area contributed by atoms with Crippen molar-refractivity contribution in [1.29, 1.82) is 0 Å². The summed E-state index contributed by atoms with van der Waals surface area (Å²) in [5, 5.41) is 2.08. The molecular formula is C16H17ClN2. The molecule has 3 aliphatic rings. The normalized spacial score (nSPS) is 19.3. The van der Waals surface area contributed by atoms with Crippen LogP contribution in [0.5, 0.6) is 0 Å². The number of aromatic nitrogens is 1. The zero-order valence-corrected chi connectivity index (χ0v) is 11.8. The second kappa shape index (κ2) is 4.04. The first kappa shape index (κ1) is 11.4. The molecule has 0 amide bonds. The summed E-state index contributed by atoms with van der Waals surface area (Å²) < 4.78 is 0. The number of H-pyrrole nitrogens is 1. The summed E-state index contributed by atoms with van der Waals surface area (Å²) in [7, 11) is 0. The first-order valence-corrected chi connectivity index (χ1v) is 7.34. The van der Waals surface area contributed by atoms with Crippen LogP contribution >= 0.6 is 11.6 Å². The Morgan fingerprint density at radius 2 is 2.05 bits per heavy atom. The number of aromatic amines is 1. The molecule has 3 heteroatoms. The highest BCUT2D eigenvalue weighted by Crippen LogP contribution is 2.41. The van der Waals surface area contributed by atoms with E-state index in [4.69, 9.17) is 11.6 Å². The van der Waals surface area contributed by atoms with E-state index in [9.17, 15) is 0 Å². The lowest BCUT2D eigenvalue weighted by atomic mass is 9.81. The maximum absolute atomic E-state index is 6.17. The Kier molecular flexibility index (Phi) is 2.43. The van der Waals surface area contributed by atoms with E-state index in [0.717, 1.165) is 10.9 Å². The van der Waals surface area contributed by atoms with Gasteiger partial charge in [-0.25, -0.2) is 0 Å². The largest absolute Gasteiger partial charge is 0.377 e. The predicted octanol–water partition coefficient (Wildman–Crippen LogP) is 4.20. The molecule has 0 atom stereocenters. The molecule has 5 rings (SSSR count). The van der Waals surface area contributed by atoms with E-state index in [0.29, 0.717) is 0 Å². The zero-order chi connectivity index (χ0) is 13.0. The summed E-state index contributed by atoms with van der Waals surface area (Å²) in [5.41, 5.74) is 5.34. The molecule has 2 bridgehead atoms. The minimum atomic E-state index is 0.724. The van der Waals surface area contributed by atoms with Gasteiger partial charge in [0.1, 0.15) is 0 Å². The molecule has 2 nitrogen and oxygen atoms in total. The summed E-state index contributed by atoms with van der Waals surface area (Å²) >= 11 is 6.17. The molecule has 0 unspecified atom stereocenters. The van der Waals surface area contributed by atoms with E-state index in [1.54, 1.807) is 0 Å². The summed E-state index contributed by atoms with van der Waals surface area (Å²) in [5.74, 6) is 0.724. The van der Waals surface area contributed by atoms with Crippen LogP contribution < -0.4 is 0 Å². The molecule has 1 saturated heterocycles. The molecular weight excluding hydrogens is 256 g/mol. The van der Waals surface area contributed by atoms with E-state index in [-0.39, 0.29) is 0 Å². The van der Waals surface area contributed by atoms with Crippen molar-refractivity contribution in [2.75, 3.05) is 13.1 Å². The molecule has 1 fully saturated rings. The Morgan fingerprint density at radius 1 is 1.26 bits per heavy atom. The van der Waals surface area contributed by atoms with Crippen LogP contribution in [0.2, 0.25) is 5.02 Å². The minimum Gasteiger partial charge on any atom is -0.377 e. The van der Waals surface area contributed by atoms with Crippen LogP contribution in [0, 0.1) is 12.8 Å². The zero-order valence-electron chi connectivity index (χ0n) is 11.0. The highest BCUT2D eigenvalue weighted by atomic mass is 35.5. The molecule has 19 heavy (non-hydrogen) atoms. The third-order valence-electron chi connectivity index (χ3n) is 4.53. The molecule has 1 aromatic carbocycles. The SMILES string of the molecule is Cc1[nH]c2ccc(Cl)cc2c1C1=CN2CCC1CC2. The van der Waals surface area contributed by atoms with Crippen molar-refractivity contribution in [3.63, 3.8) is 0 Å². The number of nitrogens with one attached hydrogen (secondary N) is 1. The molecule has 0 radical (unpaired) electrons. The maximum atomic E-state index is 6.17. The molecule has 0 aliphatic carbocycles. The number of rotatable bonds is 1. The van der Waals surface area contributed by atoms with Gasteiger partial charge in [0.2, 0.25) is 0 Å². The first-order valence-electron chi connectivity index (χ1n) is 6.96. The topological polar surface area (TPSA) is 19.0 Å². The number of hydrogen-bond acceptors (Lipinski definition) is 1. The summed E-state index contributed by atoms with van der Waals surface area (Å²) in [6.45, 7) is 4.61. The van der Waals surface area contributed by atoms with Crippen LogP contribution in [0.15, 0.2) is 24.4 Å². The highest BCUT2D eigenvalue weighted by molar-refractivity contribution is 6.31. The Morgan fingerprint density at radius 3 is 2.74 bits per heavy atom. The number of benzene rings is 1. The molecule has 1 aromatic heterocycles. The average molecular weight is 273 g/mol. The van der Waals surface area contributed by atoms with Gasteiger partial charge in [-0.2, -0.15) is 0 Å². The van der Waals surface area contributed by atoms with Crippen molar-refractivity contribution >= 4 is 28.1 Å². The molecule has 3 aliphatic heterocycles. The number of nitrogens with zero attached hydrogens (tertiary/aromatic N) is 1. The van der Waals surface area contributed by atoms with Crippen molar-refractivity contribution in [1.82, 2.24) is 9.88 Å². The monoisotopic (exact) mass is 272 g/mol. The van der Waals surface area contributed by atoms with E-state index >= 15 is 0 Å². The van der Waals surface area contributed by atoms with Crippen molar-refractivity contribution in [2.24, 2.45) is 5.92 Å². The lowest BCUT2D eigenvalue weighted by Crippen LogP contribution is -2.35. The number of aryl methyl sites for hydroxylation is 1. The van der Waals surface area contributed by atoms with Crippen LogP contribution in [-0.2, 0) is 0 Å². The minimum absolute atomic E-state index is 0.724. The lowest BCUT2D eigenvalue weighted by molar-refractivity contribution is 0.252. The van der Waals surface area contributed by atoms with Crippen molar-refractivity contribution < 1.29 is 0 Å². The van der Waals surface area contributed by atoms with E-state index in [1.807, 2.05) is 6.07 Å². The van der Waals surface area contributed by atoms with Gasteiger partial charge in [0.25, 0.3) is 0 Å². The number of allylic oxidation sites excluding steroid dienone is 1. The van der Waals surface area contributed by atoms with Gasteiger partial charge in [-0.15, -0.1) is 0 Å². The van der Waals surface area contributed by atoms with E-state index < -0.39 is 0 Å². The fourth-order valence-electron chi connectivity index (χ4n) is 3.58. The van der Waals surface area contributed by atoms with Crippen LogP contribution in [0.25, 0.3) is 16.5 Å². The van der Waals surface area contributed by atoms with Gasteiger partial charge in [-0.3, -0.25) is 0 Å². The molecule has 98 valence electrons. The molecule has 1 N–H and O–H groups in total. The lowest BCUT2D eigenvalue weighted by Gasteiger charge is -2.39. The van der Waals surface area contributed by atoms with Gasteiger partial charge >= 0.3 is 0 Å². The Labute approximate surface area is 118 Å². The van der Waals surface area contributed by atoms with Crippen LogP contribution in [-0.4, -0.2) is 23.0 Å². The van der Waals surface area contributed by atoms with Gasteiger partial charge in [0.05, 0.1) is 0 Å². The van der Waals surface area contributed by atoms with E-state index in [1.165, 1.54) is 53.7 Å². The summed E-state index contributed by atoms with van der Waals surface area (Å²) in [4.78, 5) is 5.95. The van der Waals surface area contributed by atoms with Crippen molar-refractivity contribution in [3.8, 4) is 0 Å². The number of hydrogen-bond donors (Lipinski definition) is 1. The van der Waals surface area contributed by atoms with Gasteiger partial charge in [0.15, 0.2) is 0 Å². The summed E-state index contributed by atoms with van der Waals surface area (Å²) in [6.07, 6.45) is 4.95. The number of fused-ring (bicyclic) bond motifs is 3. The maximum Gasteiger partial charge on any atom is 0.0463 e. The van der Waals surface area contributed by atoms with Gasteiger partial charge in [-0.1, -0.05) is 11.6 Å². The quantitative estimate of drug-likeness (QED) is 0.824. The fraction of sp³-hybridized carbons (Fsp3) is 0.375. The van der Waals surface area contributed by atoms with Crippen LogP contribution in [0.3, 0.4) is 0 Å². The predicted molar refractivity (Wildman–Crippen MR) is 80.3 cm³/mol. The smallest absolute Gasteiger partial charge is 0.0463 e. The average Bonchev–Trinajstić information content (AvgIpc) is 2.75. The number of halogens is 1. The van der Waals surface area contributed by atoms with E-state index in [2.05, 4.69) is 35.1 Å².